The van der Waals surface area contributed by atoms with Crippen molar-refractivity contribution in [3.05, 3.63) is 34.9 Å². The van der Waals surface area contributed by atoms with Gasteiger partial charge in [-0.1, -0.05) is 67.6 Å². The summed E-state index contributed by atoms with van der Waals surface area (Å²) < 4.78 is 5.72. The molecule has 0 spiro atoms. The zero-order valence-electron chi connectivity index (χ0n) is 19.7. The lowest BCUT2D eigenvalue weighted by Gasteiger charge is -2.57. The monoisotopic (exact) mass is 426 g/mol. The Bertz CT molecular complexity index is 894. The Hall–Kier alpha value is -1.38. The number of hydrogen-bond acceptors (Lipinski definition) is 4. The van der Waals surface area contributed by atoms with Crippen LogP contribution in [0, 0.1) is 34.5 Å². The van der Waals surface area contributed by atoms with Gasteiger partial charge in [0.15, 0.2) is 5.79 Å². The maximum Gasteiger partial charge on any atom is 0.172 e. The molecule has 2 fully saturated rings. The van der Waals surface area contributed by atoms with Crippen LogP contribution in [0.1, 0.15) is 73.1 Å². The van der Waals surface area contributed by atoms with Gasteiger partial charge in [0.1, 0.15) is 12.2 Å². The summed E-state index contributed by atoms with van der Waals surface area (Å²) in [6, 6.07) is 0. The maximum atomic E-state index is 11.3. The fourth-order valence-electron chi connectivity index (χ4n) is 6.81. The fourth-order valence-corrected chi connectivity index (χ4v) is 6.81. The second-order valence-corrected chi connectivity index (χ2v) is 11.0. The van der Waals surface area contributed by atoms with Crippen molar-refractivity contribution < 1.29 is 20.1 Å². The second kappa shape index (κ2) is 7.59. The molecule has 0 heterocycles. The Labute approximate surface area is 187 Å². The van der Waals surface area contributed by atoms with E-state index in [-0.39, 0.29) is 23.9 Å². The van der Waals surface area contributed by atoms with Gasteiger partial charge in [-0.05, 0) is 56.8 Å². The molecule has 0 bridgehead atoms. The van der Waals surface area contributed by atoms with Gasteiger partial charge >= 0.3 is 0 Å². The molecule has 4 aliphatic rings. The molecule has 170 valence electrons. The molecule has 3 N–H and O–H groups in total. The van der Waals surface area contributed by atoms with Crippen molar-refractivity contribution in [3.8, 4) is 11.8 Å². The summed E-state index contributed by atoms with van der Waals surface area (Å²) in [4.78, 5) is 0. The summed E-state index contributed by atoms with van der Waals surface area (Å²) in [6.07, 6.45) is 11.2. The van der Waals surface area contributed by atoms with Crippen LogP contribution in [-0.2, 0) is 4.74 Å². The molecule has 4 rings (SSSR count). The Morgan fingerprint density at radius 2 is 1.97 bits per heavy atom. The van der Waals surface area contributed by atoms with Gasteiger partial charge in [0.25, 0.3) is 0 Å². The van der Waals surface area contributed by atoms with E-state index in [4.69, 9.17) is 4.74 Å². The highest BCUT2D eigenvalue weighted by Crippen LogP contribution is 2.64. The van der Waals surface area contributed by atoms with Crippen LogP contribution < -0.4 is 0 Å². The minimum Gasteiger partial charge on any atom is -0.392 e. The van der Waals surface area contributed by atoms with Crippen molar-refractivity contribution in [3.63, 3.8) is 0 Å². The predicted octanol–water partition coefficient (Wildman–Crippen LogP) is 4.27. The van der Waals surface area contributed by atoms with E-state index in [0.717, 1.165) is 31.3 Å². The molecular formula is C27H38O4. The molecule has 4 nitrogen and oxygen atoms in total. The Morgan fingerprint density at radius 3 is 2.65 bits per heavy atom. The lowest BCUT2D eigenvalue weighted by molar-refractivity contribution is -0.236. The lowest BCUT2D eigenvalue weighted by Crippen LogP contribution is -2.56. The largest absolute Gasteiger partial charge is 0.392 e. The Kier molecular flexibility index (Phi) is 5.59. The molecule has 0 radical (unpaired) electrons. The number of aliphatic hydroxyl groups excluding tert-OH is 1. The van der Waals surface area contributed by atoms with Crippen molar-refractivity contribution >= 4 is 0 Å². The third kappa shape index (κ3) is 3.74. The first-order valence-electron chi connectivity index (χ1n) is 11.8. The highest BCUT2D eigenvalue weighted by atomic mass is 16.6. The van der Waals surface area contributed by atoms with E-state index in [2.05, 4.69) is 50.8 Å². The van der Waals surface area contributed by atoms with Crippen LogP contribution in [0.2, 0.25) is 0 Å². The van der Waals surface area contributed by atoms with E-state index < -0.39 is 17.5 Å². The standard InChI is InChI=1S/C27H38O4/c1-6-18-9-11-21-20-10-8-19-16-27(30,31-15-7-13-24(2,3)29)17-23(28)26(19,5)22(20)12-14-25(18,21)4/h8-10,21-23,28-30H,6,11-12,14-17H2,1-5H3/t21-,22+,23-,25+,26-,27-/m0/s1. The number of hydrogen-bond donors (Lipinski definition) is 3. The summed E-state index contributed by atoms with van der Waals surface area (Å²) in [5.74, 6) is 4.88. The van der Waals surface area contributed by atoms with Crippen molar-refractivity contribution in [1.82, 2.24) is 0 Å². The summed E-state index contributed by atoms with van der Waals surface area (Å²) in [5, 5.41) is 32.1. The third-order valence-electron chi connectivity index (χ3n) is 8.61. The van der Waals surface area contributed by atoms with E-state index in [1.54, 1.807) is 19.4 Å². The fraction of sp³-hybridized carbons (Fsp3) is 0.704. The van der Waals surface area contributed by atoms with Crippen LogP contribution >= 0.6 is 0 Å². The molecule has 0 aromatic heterocycles. The predicted molar refractivity (Wildman–Crippen MR) is 122 cm³/mol. The Balaban J connectivity index is 1.58. The molecule has 0 aromatic rings. The minimum absolute atomic E-state index is 0.0214. The molecule has 0 aliphatic heterocycles. The highest BCUT2D eigenvalue weighted by molar-refractivity contribution is 5.43. The summed E-state index contributed by atoms with van der Waals surface area (Å²) in [5.41, 5.74) is 2.95. The zero-order valence-corrected chi connectivity index (χ0v) is 19.7. The van der Waals surface area contributed by atoms with Crippen LogP contribution in [0.5, 0.6) is 0 Å². The summed E-state index contributed by atoms with van der Waals surface area (Å²) in [7, 11) is 0. The van der Waals surface area contributed by atoms with Crippen molar-refractivity contribution in [2.24, 2.45) is 22.7 Å². The average molecular weight is 427 g/mol. The van der Waals surface area contributed by atoms with Crippen molar-refractivity contribution in [1.29, 1.82) is 0 Å². The first-order valence-corrected chi connectivity index (χ1v) is 11.8. The summed E-state index contributed by atoms with van der Waals surface area (Å²) in [6.45, 7) is 10.1. The maximum absolute atomic E-state index is 11.3. The van der Waals surface area contributed by atoms with Gasteiger partial charge in [-0.25, -0.2) is 0 Å². The highest BCUT2D eigenvalue weighted by Gasteiger charge is 2.58. The molecule has 2 saturated carbocycles. The number of fused-ring (bicyclic) bond motifs is 5. The van der Waals surface area contributed by atoms with Gasteiger partial charge in [0.2, 0.25) is 0 Å². The molecular weight excluding hydrogens is 388 g/mol. The summed E-state index contributed by atoms with van der Waals surface area (Å²) >= 11 is 0. The second-order valence-electron chi connectivity index (χ2n) is 11.0. The van der Waals surface area contributed by atoms with Crippen LogP contribution in [-0.4, -0.2) is 39.4 Å². The van der Waals surface area contributed by atoms with E-state index in [1.807, 2.05) is 0 Å². The van der Waals surface area contributed by atoms with Gasteiger partial charge in [-0.3, -0.25) is 0 Å². The number of allylic oxidation sites excluding steroid dienone is 5. The molecule has 4 heteroatoms. The molecule has 31 heavy (non-hydrogen) atoms. The van der Waals surface area contributed by atoms with Crippen LogP contribution in [0.15, 0.2) is 34.9 Å². The molecule has 0 aromatic carbocycles. The van der Waals surface area contributed by atoms with Gasteiger partial charge in [-0.2, -0.15) is 0 Å². The van der Waals surface area contributed by atoms with Crippen LogP contribution in [0.4, 0.5) is 0 Å². The van der Waals surface area contributed by atoms with E-state index in [9.17, 15) is 15.3 Å². The SMILES string of the molecule is CCC1=CC[C@H]2C3=CC=C4C[C@](O)(OCC#CC(C)(C)O)C[C@H](O)[C@]4(C)[C@@H]3CC[C@]12C. The van der Waals surface area contributed by atoms with E-state index in [1.165, 1.54) is 5.57 Å². The number of aliphatic hydroxyl groups is 3. The van der Waals surface area contributed by atoms with E-state index in [0.29, 0.717) is 18.3 Å². The van der Waals surface area contributed by atoms with Crippen LogP contribution in [0.25, 0.3) is 0 Å². The Morgan fingerprint density at radius 1 is 1.23 bits per heavy atom. The quantitative estimate of drug-likeness (QED) is 0.358. The van der Waals surface area contributed by atoms with Gasteiger partial charge in [0.05, 0.1) is 6.10 Å². The average Bonchev–Trinajstić information content (AvgIpc) is 3.02. The molecule has 4 aliphatic carbocycles. The lowest BCUT2D eigenvalue weighted by atomic mass is 9.49. The third-order valence-corrected chi connectivity index (χ3v) is 8.61. The number of ether oxygens (including phenoxy) is 1. The molecule has 6 atom stereocenters. The first-order chi connectivity index (χ1) is 14.4. The number of rotatable bonds is 3. The molecule has 0 unspecified atom stereocenters. The minimum atomic E-state index is -1.43. The topological polar surface area (TPSA) is 69.9 Å². The van der Waals surface area contributed by atoms with Gasteiger partial charge in [0, 0.05) is 18.3 Å². The van der Waals surface area contributed by atoms with Crippen molar-refractivity contribution in [2.45, 2.75) is 90.6 Å². The van der Waals surface area contributed by atoms with Gasteiger partial charge < -0.3 is 20.1 Å². The zero-order chi connectivity index (χ0) is 22.7. The van der Waals surface area contributed by atoms with Crippen molar-refractivity contribution in [2.75, 3.05) is 6.61 Å². The first kappa shape index (κ1) is 22.8. The van der Waals surface area contributed by atoms with Crippen LogP contribution in [0.3, 0.4) is 0 Å². The smallest absolute Gasteiger partial charge is 0.172 e. The van der Waals surface area contributed by atoms with Gasteiger partial charge in [-0.15, -0.1) is 0 Å². The normalized spacial score (nSPS) is 41.7. The molecule has 0 amide bonds. The molecule has 0 saturated heterocycles. The van der Waals surface area contributed by atoms with E-state index >= 15 is 0 Å².